The van der Waals surface area contributed by atoms with E-state index in [9.17, 15) is 13.2 Å². The van der Waals surface area contributed by atoms with Crippen LogP contribution in [0.2, 0.25) is 0 Å². The van der Waals surface area contributed by atoms with Crippen molar-refractivity contribution in [2.75, 3.05) is 4.72 Å². The van der Waals surface area contributed by atoms with E-state index in [4.69, 9.17) is 0 Å². The predicted molar refractivity (Wildman–Crippen MR) is 105 cm³/mol. The predicted octanol–water partition coefficient (Wildman–Crippen LogP) is 3.94. The molecule has 140 valence electrons. The molecule has 0 spiro atoms. The Morgan fingerprint density at radius 2 is 1.73 bits per heavy atom. The smallest absolute Gasteiger partial charge is 0.262 e. The van der Waals surface area contributed by atoms with Crippen LogP contribution in [0.3, 0.4) is 0 Å². The van der Waals surface area contributed by atoms with Crippen molar-refractivity contribution in [3.63, 3.8) is 0 Å². The number of hydrogen-bond acceptors (Lipinski definition) is 3. The summed E-state index contributed by atoms with van der Waals surface area (Å²) in [5.41, 5.74) is 3.35. The van der Waals surface area contributed by atoms with Crippen LogP contribution in [0.4, 0.5) is 5.69 Å². The Morgan fingerprint density at radius 1 is 1.04 bits per heavy atom. The van der Waals surface area contributed by atoms with Gasteiger partial charge in [0.25, 0.3) is 15.9 Å². The molecule has 2 aromatic rings. The number of carbonyl (C=O) groups excluding carboxylic acids is 1. The van der Waals surface area contributed by atoms with Crippen molar-refractivity contribution in [1.82, 2.24) is 5.32 Å². The van der Waals surface area contributed by atoms with Gasteiger partial charge in [-0.2, -0.15) is 0 Å². The minimum absolute atomic E-state index is 0.0252. The number of benzene rings is 2. The number of aryl methyl sites for hydroxylation is 3. The molecule has 0 fully saturated rings. The Hall–Kier alpha value is -2.34. The van der Waals surface area contributed by atoms with Crippen molar-refractivity contribution < 1.29 is 13.2 Å². The zero-order chi connectivity index (χ0) is 19.5. The van der Waals surface area contributed by atoms with Crippen LogP contribution in [0.5, 0.6) is 0 Å². The molecule has 2 aromatic carbocycles. The van der Waals surface area contributed by atoms with Gasteiger partial charge in [0, 0.05) is 11.6 Å². The molecule has 2 N–H and O–H groups in total. The number of hydrogen-bond donors (Lipinski definition) is 2. The summed E-state index contributed by atoms with van der Waals surface area (Å²) in [6.07, 6.45) is 0.803. The van der Waals surface area contributed by atoms with Crippen LogP contribution in [0.25, 0.3) is 0 Å². The second-order valence-electron chi connectivity index (χ2n) is 6.69. The molecular formula is C20H26N2O3S. The van der Waals surface area contributed by atoms with Gasteiger partial charge in [0.05, 0.1) is 10.6 Å². The summed E-state index contributed by atoms with van der Waals surface area (Å²) in [5, 5.41) is 2.85. The van der Waals surface area contributed by atoms with Crippen molar-refractivity contribution in [2.24, 2.45) is 0 Å². The molecule has 0 aliphatic carbocycles. The summed E-state index contributed by atoms with van der Waals surface area (Å²) in [5.74, 6) is -0.276. The molecule has 0 heterocycles. The Kier molecular flexibility index (Phi) is 6.08. The zero-order valence-corrected chi connectivity index (χ0v) is 16.7. The van der Waals surface area contributed by atoms with Crippen LogP contribution in [0.1, 0.15) is 47.3 Å². The van der Waals surface area contributed by atoms with Gasteiger partial charge >= 0.3 is 0 Å². The summed E-state index contributed by atoms with van der Waals surface area (Å²) >= 11 is 0. The fourth-order valence-corrected chi connectivity index (χ4v) is 3.97. The third-order valence-corrected chi connectivity index (χ3v) is 5.86. The summed E-state index contributed by atoms with van der Waals surface area (Å²) in [7, 11) is -3.80. The lowest BCUT2D eigenvalue weighted by Gasteiger charge is -2.15. The minimum Gasteiger partial charge on any atom is -0.350 e. The Morgan fingerprint density at radius 3 is 2.35 bits per heavy atom. The lowest BCUT2D eigenvalue weighted by Crippen LogP contribution is -2.32. The first-order valence-electron chi connectivity index (χ1n) is 8.65. The van der Waals surface area contributed by atoms with Gasteiger partial charge in [-0.3, -0.25) is 9.52 Å². The number of nitrogens with one attached hydrogen (secondary N) is 2. The van der Waals surface area contributed by atoms with Crippen molar-refractivity contribution in [1.29, 1.82) is 0 Å². The average molecular weight is 375 g/mol. The van der Waals surface area contributed by atoms with E-state index in [0.717, 1.165) is 17.5 Å². The molecule has 0 bridgehead atoms. The van der Waals surface area contributed by atoms with Crippen LogP contribution in [0, 0.1) is 20.8 Å². The fraction of sp³-hybridized carbons (Fsp3) is 0.350. The summed E-state index contributed by atoms with van der Waals surface area (Å²) in [6.45, 7) is 9.41. The molecule has 0 saturated heterocycles. The Bertz CT molecular complexity index is 921. The van der Waals surface area contributed by atoms with Gasteiger partial charge in [-0.05, 0) is 63.4 Å². The molecule has 0 saturated carbocycles. The van der Waals surface area contributed by atoms with Crippen LogP contribution in [0.15, 0.2) is 41.3 Å². The molecule has 6 heteroatoms. The lowest BCUT2D eigenvalue weighted by atomic mass is 10.1. The first-order chi connectivity index (χ1) is 12.1. The summed E-state index contributed by atoms with van der Waals surface area (Å²) < 4.78 is 28.4. The zero-order valence-electron chi connectivity index (χ0n) is 15.9. The SMILES string of the molecule is CC[C@H](C)NC(=O)c1ccc(C)c(S(=O)(=O)Nc2ccc(C)cc2C)c1. The maximum absolute atomic E-state index is 12.9. The molecular weight excluding hydrogens is 348 g/mol. The first kappa shape index (κ1) is 20.0. The van der Waals surface area contributed by atoms with Gasteiger partial charge in [0.15, 0.2) is 0 Å². The maximum Gasteiger partial charge on any atom is 0.262 e. The number of amides is 1. The molecule has 26 heavy (non-hydrogen) atoms. The van der Waals surface area contributed by atoms with E-state index in [1.807, 2.05) is 39.8 Å². The van der Waals surface area contributed by atoms with E-state index < -0.39 is 10.0 Å². The van der Waals surface area contributed by atoms with Crippen molar-refractivity contribution in [3.05, 3.63) is 58.7 Å². The van der Waals surface area contributed by atoms with Gasteiger partial charge in [0.2, 0.25) is 0 Å². The Balaban J connectivity index is 2.36. The van der Waals surface area contributed by atoms with Crippen molar-refractivity contribution in [3.8, 4) is 0 Å². The highest BCUT2D eigenvalue weighted by Gasteiger charge is 2.20. The van der Waals surface area contributed by atoms with Gasteiger partial charge in [0.1, 0.15) is 0 Å². The monoisotopic (exact) mass is 374 g/mol. The van der Waals surface area contributed by atoms with Gasteiger partial charge in [-0.25, -0.2) is 8.42 Å². The van der Waals surface area contributed by atoms with Crippen molar-refractivity contribution >= 4 is 21.6 Å². The molecule has 1 amide bonds. The van der Waals surface area contributed by atoms with Crippen LogP contribution in [-0.2, 0) is 10.0 Å². The topological polar surface area (TPSA) is 75.3 Å². The van der Waals surface area contributed by atoms with Crippen LogP contribution in [-0.4, -0.2) is 20.4 Å². The number of sulfonamides is 1. The van der Waals surface area contributed by atoms with E-state index in [-0.39, 0.29) is 16.8 Å². The molecule has 1 atom stereocenters. The van der Waals surface area contributed by atoms with Crippen LogP contribution >= 0.6 is 0 Å². The van der Waals surface area contributed by atoms with E-state index >= 15 is 0 Å². The minimum atomic E-state index is -3.80. The first-order valence-corrected chi connectivity index (χ1v) is 10.1. The van der Waals surface area contributed by atoms with E-state index in [0.29, 0.717) is 16.8 Å². The second-order valence-corrected chi connectivity index (χ2v) is 8.34. The van der Waals surface area contributed by atoms with Crippen LogP contribution < -0.4 is 10.0 Å². The average Bonchev–Trinajstić information content (AvgIpc) is 2.57. The quantitative estimate of drug-likeness (QED) is 0.804. The van der Waals surface area contributed by atoms with E-state index in [1.54, 1.807) is 25.1 Å². The third-order valence-electron chi connectivity index (χ3n) is 4.36. The molecule has 2 rings (SSSR count). The maximum atomic E-state index is 12.9. The van der Waals surface area contributed by atoms with Gasteiger partial charge in [-0.1, -0.05) is 30.7 Å². The van der Waals surface area contributed by atoms with E-state index in [2.05, 4.69) is 10.0 Å². The molecule has 5 nitrogen and oxygen atoms in total. The highest BCUT2D eigenvalue weighted by Crippen LogP contribution is 2.23. The Labute approximate surface area is 155 Å². The lowest BCUT2D eigenvalue weighted by molar-refractivity contribution is 0.0939. The highest BCUT2D eigenvalue weighted by molar-refractivity contribution is 7.92. The van der Waals surface area contributed by atoms with E-state index in [1.165, 1.54) is 6.07 Å². The van der Waals surface area contributed by atoms with Crippen molar-refractivity contribution in [2.45, 2.75) is 52.0 Å². The molecule has 0 unspecified atom stereocenters. The van der Waals surface area contributed by atoms with Gasteiger partial charge in [-0.15, -0.1) is 0 Å². The van der Waals surface area contributed by atoms with Gasteiger partial charge < -0.3 is 5.32 Å². The second kappa shape index (κ2) is 7.91. The number of anilines is 1. The fourth-order valence-electron chi connectivity index (χ4n) is 2.57. The molecule has 0 aliphatic rings. The number of rotatable bonds is 6. The molecule has 0 aliphatic heterocycles. The standard InChI is InChI=1S/C20H26N2O3S/c1-6-16(5)21-20(23)17-9-8-14(3)19(12-17)26(24,25)22-18-10-7-13(2)11-15(18)4/h7-12,16,22H,6H2,1-5H3,(H,21,23)/t16-/m0/s1. The summed E-state index contributed by atoms with van der Waals surface area (Å²) in [6, 6.07) is 10.3. The highest BCUT2D eigenvalue weighted by atomic mass is 32.2. The third kappa shape index (κ3) is 4.64. The summed E-state index contributed by atoms with van der Waals surface area (Å²) in [4.78, 5) is 12.4. The molecule has 0 aromatic heterocycles. The molecule has 0 radical (unpaired) electrons. The normalized spacial score (nSPS) is 12.5. The number of carbonyl (C=O) groups is 1. The largest absolute Gasteiger partial charge is 0.350 e.